The molecule has 1 heterocycles. The van der Waals surface area contributed by atoms with Gasteiger partial charge in [-0.15, -0.1) is 0 Å². The van der Waals surface area contributed by atoms with Crippen LogP contribution in [0.4, 0.5) is 0 Å². The minimum absolute atomic E-state index is 0.00467. The average molecular weight is 284 g/mol. The quantitative estimate of drug-likeness (QED) is 0.808. The minimum Gasteiger partial charge on any atom is -0.354 e. The lowest BCUT2D eigenvalue weighted by atomic mass is 10.1. The summed E-state index contributed by atoms with van der Waals surface area (Å²) in [5.74, 6) is 2.36. The number of rotatable bonds is 5. The number of thioether (sulfide) groups is 1. The van der Waals surface area contributed by atoms with Crippen LogP contribution in [0.1, 0.15) is 44.9 Å². The van der Waals surface area contributed by atoms with E-state index in [1.54, 1.807) is 11.8 Å². The van der Waals surface area contributed by atoms with Crippen LogP contribution in [-0.2, 0) is 9.59 Å². The van der Waals surface area contributed by atoms with Gasteiger partial charge in [-0.2, -0.15) is 11.8 Å². The fourth-order valence-electron chi connectivity index (χ4n) is 2.81. The van der Waals surface area contributed by atoms with Crippen molar-refractivity contribution in [1.82, 2.24) is 10.6 Å². The van der Waals surface area contributed by atoms with Crippen molar-refractivity contribution in [3.8, 4) is 0 Å². The maximum atomic E-state index is 11.8. The van der Waals surface area contributed by atoms with Crippen LogP contribution in [0.3, 0.4) is 0 Å². The van der Waals surface area contributed by atoms with Crippen molar-refractivity contribution in [2.45, 2.75) is 51.0 Å². The Balaban J connectivity index is 1.63. The summed E-state index contributed by atoms with van der Waals surface area (Å²) in [6.07, 6.45) is 8.11. The van der Waals surface area contributed by atoms with Gasteiger partial charge in [-0.3, -0.25) is 9.59 Å². The summed E-state index contributed by atoms with van der Waals surface area (Å²) in [5.41, 5.74) is 0. The Morgan fingerprint density at radius 3 is 2.74 bits per heavy atom. The van der Waals surface area contributed by atoms with E-state index in [1.165, 1.54) is 25.7 Å². The van der Waals surface area contributed by atoms with Gasteiger partial charge in [0.05, 0.1) is 5.75 Å². The largest absolute Gasteiger partial charge is 0.354 e. The van der Waals surface area contributed by atoms with Crippen molar-refractivity contribution in [3.05, 3.63) is 0 Å². The average Bonchev–Trinajstić information content (AvgIpc) is 2.82. The molecule has 0 aromatic rings. The molecule has 5 heteroatoms. The number of carbonyl (C=O) groups excluding carboxylic acids is 2. The first-order chi connectivity index (χ1) is 9.25. The number of hydrogen-bond donors (Lipinski definition) is 2. The lowest BCUT2D eigenvalue weighted by Crippen LogP contribution is -2.46. The third-order valence-corrected chi connectivity index (χ3v) is 5.11. The topological polar surface area (TPSA) is 58.2 Å². The SMILES string of the molecule is O=C(CSCC1CCCC1)NC1CCCCNC1=O. The van der Waals surface area contributed by atoms with Gasteiger partial charge in [-0.25, -0.2) is 0 Å². The molecular formula is C14H24N2O2S. The molecule has 1 saturated heterocycles. The van der Waals surface area contributed by atoms with Gasteiger partial charge in [-0.1, -0.05) is 12.8 Å². The molecule has 0 aromatic carbocycles. The van der Waals surface area contributed by atoms with Crippen LogP contribution in [0, 0.1) is 5.92 Å². The van der Waals surface area contributed by atoms with E-state index in [0.29, 0.717) is 5.75 Å². The fraction of sp³-hybridized carbons (Fsp3) is 0.857. The molecule has 2 N–H and O–H groups in total. The third kappa shape index (κ3) is 5.05. The highest BCUT2D eigenvalue weighted by Crippen LogP contribution is 2.27. The Morgan fingerprint density at radius 1 is 1.21 bits per heavy atom. The van der Waals surface area contributed by atoms with Gasteiger partial charge in [0.15, 0.2) is 0 Å². The second kappa shape index (κ2) is 7.78. The lowest BCUT2D eigenvalue weighted by Gasteiger charge is -2.15. The molecule has 1 unspecified atom stereocenters. The first-order valence-electron chi connectivity index (χ1n) is 7.40. The standard InChI is InChI=1S/C14H24N2O2S/c17-13(10-19-9-11-5-1-2-6-11)16-12-7-3-4-8-15-14(12)18/h11-12H,1-10H2,(H,15,18)(H,16,17). The molecule has 2 rings (SSSR count). The Bertz CT molecular complexity index is 317. The van der Waals surface area contributed by atoms with Crippen LogP contribution < -0.4 is 10.6 Å². The van der Waals surface area contributed by atoms with E-state index in [4.69, 9.17) is 0 Å². The number of amides is 2. The number of nitrogens with one attached hydrogen (secondary N) is 2. The van der Waals surface area contributed by atoms with Crippen molar-refractivity contribution in [1.29, 1.82) is 0 Å². The smallest absolute Gasteiger partial charge is 0.242 e. The highest BCUT2D eigenvalue weighted by atomic mass is 32.2. The molecule has 2 aliphatic rings. The molecule has 0 bridgehead atoms. The molecule has 0 radical (unpaired) electrons. The molecule has 0 aromatic heterocycles. The van der Waals surface area contributed by atoms with Gasteiger partial charge in [0, 0.05) is 6.54 Å². The molecule has 108 valence electrons. The van der Waals surface area contributed by atoms with Crippen LogP contribution in [0.25, 0.3) is 0 Å². The van der Waals surface area contributed by atoms with E-state index in [1.807, 2.05) is 0 Å². The molecule has 0 spiro atoms. The zero-order chi connectivity index (χ0) is 13.5. The zero-order valence-electron chi connectivity index (χ0n) is 11.5. The lowest BCUT2D eigenvalue weighted by molar-refractivity contribution is -0.127. The molecule has 1 atom stereocenters. The van der Waals surface area contributed by atoms with E-state index < -0.39 is 0 Å². The summed E-state index contributed by atoms with van der Waals surface area (Å²) >= 11 is 1.71. The van der Waals surface area contributed by atoms with Gasteiger partial charge < -0.3 is 10.6 Å². The van der Waals surface area contributed by atoms with E-state index in [0.717, 1.165) is 37.5 Å². The number of hydrogen-bond acceptors (Lipinski definition) is 3. The van der Waals surface area contributed by atoms with E-state index in [-0.39, 0.29) is 17.9 Å². The Labute approximate surface area is 119 Å². The zero-order valence-corrected chi connectivity index (χ0v) is 12.3. The van der Waals surface area contributed by atoms with E-state index >= 15 is 0 Å². The van der Waals surface area contributed by atoms with Gasteiger partial charge in [0.1, 0.15) is 6.04 Å². The Hall–Kier alpha value is -0.710. The molecule has 2 fully saturated rings. The van der Waals surface area contributed by atoms with Crippen molar-refractivity contribution >= 4 is 23.6 Å². The maximum absolute atomic E-state index is 11.8. The molecule has 1 aliphatic heterocycles. The van der Waals surface area contributed by atoms with Gasteiger partial charge >= 0.3 is 0 Å². The second-order valence-electron chi connectivity index (χ2n) is 5.57. The summed E-state index contributed by atoms with van der Waals surface area (Å²) in [6.45, 7) is 0.738. The second-order valence-corrected chi connectivity index (χ2v) is 6.60. The molecule has 1 saturated carbocycles. The van der Waals surface area contributed by atoms with Crippen LogP contribution >= 0.6 is 11.8 Å². The molecule has 19 heavy (non-hydrogen) atoms. The normalized spacial score (nSPS) is 24.8. The molecule has 4 nitrogen and oxygen atoms in total. The van der Waals surface area contributed by atoms with Crippen molar-refractivity contribution in [2.75, 3.05) is 18.1 Å². The highest BCUT2D eigenvalue weighted by Gasteiger charge is 2.22. The van der Waals surface area contributed by atoms with Gasteiger partial charge in [-0.05, 0) is 43.8 Å². The summed E-state index contributed by atoms with van der Waals surface area (Å²) in [7, 11) is 0. The number of carbonyl (C=O) groups is 2. The molecule has 1 aliphatic carbocycles. The summed E-state index contributed by atoms with van der Waals surface area (Å²) in [6, 6.07) is -0.318. The van der Waals surface area contributed by atoms with Gasteiger partial charge in [0.2, 0.25) is 11.8 Å². The summed E-state index contributed by atoms with van der Waals surface area (Å²) in [4.78, 5) is 23.5. The van der Waals surface area contributed by atoms with Crippen LogP contribution in [0.15, 0.2) is 0 Å². The summed E-state index contributed by atoms with van der Waals surface area (Å²) in [5, 5.41) is 5.70. The third-order valence-electron chi connectivity index (χ3n) is 3.93. The van der Waals surface area contributed by atoms with Crippen LogP contribution in [-0.4, -0.2) is 35.9 Å². The highest BCUT2D eigenvalue weighted by molar-refractivity contribution is 7.99. The molecular weight excluding hydrogens is 260 g/mol. The Kier molecular flexibility index (Phi) is 6.01. The van der Waals surface area contributed by atoms with E-state index in [9.17, 15) is 9.59 Å². The van der Waals surface area contributed by atoms with Crippen molar-refractivity contribution < 1.29 is 9.59 Å². The van der Waals surface area contributed by atoms with Crippen LogP contribution in [0.2, 0.25) is 0 Å². The summed E-state index contributed by atoms with van der Waals surface area (Å²) < 4.78 is 0. The predicted molar refractivity (Wildman–Crippen MR) is 78.1 cm³/mol. The first kappa shape index (κ1) is 14.7. The first-order valence-corrected chi connectivity index (χ1v) is 8.56. The fourth-order valence-corrected chi connectivity index (χ4v) is 3.86. The minimum atomic E-state index is -0.318. The van der Waals surface area contributed by atoms with Crippen molar-refractivity contribution in [3.63, 3.8) is 0 Å². The molecule has 2 amide bonds. The van der Waals surface area contributed by atoms with E-state index in [2.05, 4.69) is 10.6 Å². The monoisotopic (exact) mass is 284 g/mol. The van der Waals surface area contributed by atoms with Crippen molar-refractivity contribution in [2.24, 2.45) is 5.92 Å². The van der Waals surface area contributed by atoms with Crippen LogP contribution in [0.5, 0.6) is 0 Å². The predicted octanol–water partition coefficient (Wildman–Crippen LogP) is 1.69. The Morgan fingerprint density at radius 2 is 1.95 bits per heavy atom. The van der Waals surface area contributed by atoms with Gasteiger partial charge in [0.25, 0.3) is 0 Å². The maximum Gasteiger partial charge on any atom is 0.242 e.